The third kappa shape index (κ3) is 8.25. The van der Waals surface area contributed by atoms with Gasteiger partial charge in [0.1, 0.15) is 0 Å². The quantitative estimate of drug-likeness (QED) is 0.126. The topological polar surface area (TPSA) is 0 Å². The van der Waals surface area contributed by atoms with Crippen LogP contribution >= 0.6 is 0 Å². The van der Waals surface area contributed by atoms with Crippen LogP contribution in [0.3, 0.4) is 0 Å². The fraction of sp³-hybridized carbons (Fsp3) is 0.122. The largest absolute Gasteiger partial charge is 0.0707 e. The maximum atomic E-state index is 2.56. The molecule has 0 bridgehead atoms. The summed E-state index contributed by atoms with van der Waals surface area (Å²) in [4.78, 5) is 0. The Hall–Kier alpha value is -11.2. The highest BCUT2D eigenvalue weighted by Crippen LogP contribution is 2.60. The van der Waals surface area contributed by atoms with Gasteiger partial charge in [-0.3, -0.25) is 0 Å². The monoisotopic (exact) mass is 1250 g/mol. The minimum Gasteiger partial charge on any atom is -0.0622 e. The van der Waals surface area contributed by atoms with Crippen LogP contribution < -0.4 is 0 Å². The van der Waals surface area contributed by atoms with Gasteiger partial charge in [-0.05, 0) is 179 Å². The van der Waals surface area contributed by atoms with Crippen molar-refractivity contribution in [2.75, 3.05) is 0 Å². The molecule has 0 fully saturated rings. The van der Waals surface area contributed by atoms with E-state index < -0.39 is 16.2 Å². The zero-order valence-electron chi connectivity index (χ0n) is 56.5. The highest BCUT2D eigenvalue weighted by Gasteiger charge is 2.52. The zero-order valence-corrected chi connectivity index (χ0v) is 56.5. The lowest BCUT2D eigenvalue weighted by Gasteiger charge is -2.48. The third-order valence-corrected chi connectivity index (χ3v) is 23.5. The molecule has 0 radical (unpaired) electrons. The van der Waals surface area contributed by atoms with Crippen LogP contribution in [0, 0.1) is 0 Å². The molecule has 0 saturated carbocycles. The molecule has 3 aliphatic carbocycles. The number of hydrogen-bond acceptors (Lipinski definition) is 0. The summed E-state index contributed by atoms with van der Waals surface area (Å²) in [6.07, 6.45) is 0. The molecule has 0 aromatic heterocycles. The maximum absolute atomic E-state index is 2.56. The predicted molar refractivity (Wildman–Crippen MR) is 409 cm³/mol. The Bertz CT molecular complexity index is 5260. The van der Waals surface area contributed by atoms with Crippen molar-refractivity contribution in [3.8, 4) is 33.4 Å². The Kier molecular flexibility index (Phi) is 13.4. The zero-order chi connectivity index (χ0) is 66.2. The molecule has 0 atom stereocenters. The average molecular weight is 1250 g/mol. The SMILES string of the molecule is CC1(C)c2ccccc2C(c2ccccc2)(c2cccc(-c3cccc4c(-c5cccc(C6(c7ccccc7)c7ccccc7C(C)(C)c7ccccc76)c5)c5cccc(-c6cccc(C7(c8ccccc8)c8ccccc8C(C)(C)c8ccccc87)c6)c5cc34)c2)c2ccccc21. The van der Waals surface area contributed by atoms with E-state index in [0.29, 0.717) is 0 Å². The van der Waals surface area contributed by atoms with Crippen molar-refractivity contribution < 1.29 is 0 Å². The summed E-state index contributed by atoms with van der Waals surface area (Å²) in [6, 6.07) is 135. The van der Waals surface area contributed by atoms with Crippen LogP contribution in [-0.2, 0) is 32.5 Å². The van der Waals surface area contributed by atoms with Crippen molar-refractivity contribution in [1.29, 1.82) is 0 Å². The van der Waals surface area contributed by atoms with Gasteiger partial charge in [0.05, 0.1) is 16.2 Å². The van der Waals surface area contributed by atoms with Gasteiger partial charge in [0.25, 0.3) is 0 Å². The van der Waals surface area contributed by atoms with Crippen LogP contribution in [-0.4, -0.2) is 0 Å². The van der Waals surface area contributed by atoms with Gasteiger partial charge in [-0.15, -0.1) is 0 Å². The number of benzene rings is 15. The van der Waals surface area contributed by atoms with Crippen molar-refractivity contribution in [1.82, 2.24) is 0 Å². The molecule has 0 saturated heterocycles. The first-order chi connectivity index (χ1) is 47.9. The maximum Gasteiger partial charge on any atom is 0.0707 e. The molecule has 98 heavy (non-hydrogen) atoms. The Morgan fingerprint density at radius 1 is 0.163 bits per heavy atom. The van der Waals surface area contributed by atoms with E-state index in [2.05, 4.69) is 393 Å². The van der Waals surface area contributed by atoms with E-state index in [0.717, 1.165) is 0 Å². The molecule has 0 spiro atoms. The van der Waals surface area contributed by atoms with Crippen LogP contribution in [0.5, 0.6) is 0 Å². The van der Waals surface area contributed by atoms with Gasteiger partial charge in [0.15, 0.2) is 0 Å². The summed E-state index contributed by atoms with van der Waals surface area (Å²) in [5, 5.41) is 4.81. The first-order valence-electron chi connectivity index (χ1n) is 35.0. The van der Waals surface area contributed by atoms with Gasteiger partial charge < -0.3 is 0 Å². The Morgan fingerprint density at radius 3 is 0.673 bits per heavy atom. The summed E-state index contributed by atoms with van der Waals surface area (Å²) in [6.45, 7) is 14.4. The van der Waals surface area contributed by atoms with E-state index in [1.807, 2.05) is 0 Å². The Labute approximate surface area is 577 Å². The molecule has 3 aliphatic rings. The molecule has 0 heterocycles. The lowest BCUT2D eigenvalue weighted by atomic mass is 9.54. The Morgan fingerprint density at radius 2 is 0.388 bits per heavy atom. The second kappa shape index (κ2) is 22.2. The van der Waals surface area contributed by atoms with E-state index in [1.165, 1.54) is 155 Å². The normalized spacial score (nSPS) is 15.9. The van der Waals surface area contributed by atoms with Gasteiger partial charge in [0, 0.05) is 16.2 Å². The summed E-state index contributed by atoms with van der Waals surface area (Å²) in [7, 11) is 0. The molecule has 18 rings (SSSR count). The van der Waals surface area contributed by atoms with Crippen molar-refractivity contribution in [3.63, 3.8) is 0 Å². The van der Waals surface area contributed by atoms with Crippen LogP contribution in [0.15, 0.2) is 352 Å². The molecule has 15 aromatic carbocycles. The minimum atomic E-state index is -0.641. The van der Waals surface area contributed by atoms with E-state index in [-0.39, 0.29) is 16.2 Å². The fourth-order valence-electron chi connectivity index (χ4n) is 19.2. The van der Waals surface area contributed by atoms with Crippen molar-refractivity contribution in [3.05, 3.63) is 452 Å². The van der Waals surface area contributed by atoms with Crippen molar-refractivity contribution >= 4 is 21.5 Å². The van der Waals surface area contributed by atoms with E-state index in [9.17, 15) is 0 Å². The highest BCUT2D eigenvalue weighted by atomic mass is 14.5. The standard InChI is InChI=1S/C98H76/c1-93(2)80-49-16-22-55-86(80)96(68-36-10-7-11-37-68,87-56-23-17-50-81(87)93)71-42-28-33-65(61-71)74-45-31-47-76-78(74)64-79-75(66-34-29-43-72(62-66)97(69-38-12-8-13-39-69)88-57-24-18-51-82(88)94(3,4)83-52-19-25-58-89(83)97)46-32-48-77(79)92(76)67-35-30-44-73(63-67)98(70-40-14-9-15-41-70)90-59-26-20-53-84(90)95(5,6)85-54-21-27-60-91(85)98/h7-64H,1-6H3. The molecule has 0 nitrogen and oxygen atoms in total. The second-order valence-corrected chi connectivity index (χ2v) is 29.3. The fourth-order valence-corrected chi connectivity index (χ4v) is 19.2. The smallest absolute Gasteiger partial charge is 0.0622 e. The molecule has 0 aliphatic heterocycles. The first-order valence-corrected chi connectivity index (χ1v) is 35.0. The summed E-state index contributed by atoms with van der Waals surface area (Å²) in [5.74, 6) is 0. The van der Waals surface area contributed by atoms with Crippen LogP contribution in [0.25, 0.3) is 54.9 Å². The van der Waals surface area contributed by atoms with Gasteiger partial charge in [-0.25, -0.2) is 0 Å². The molecular weight excluding hydrogens is 1180 g/mol. The Balaban J connectivity index is 0.926. The van der Waals surface area contributed by atoms with Crippen molar-refractivity contribution in [2.45, 2.75) is 74.0 Å². The lowest BCUT2D eigenvalue weighted by Crippen LogP contribution is -2.41. The van der Waals surface area contributed by atoms with Gasteiger partial charge >= 0.3 is 0 Å². The molecule has 468 valence electrons. The van der Waals surface area contributed by atoms with E-state index in [4.69, 9.17) is 0 Å². The predicted octanol–water partition coefficient (Wildman–Crippen LogP) is 24.1. The summed E-state index contributed by atoms with van der Waals surface area (Å²) < 4.78 is 0. The van der Waals surface area contributed by atoms with Gasteiger partial charge in [-0.1, -0.05) is 369 Å². The number of hydrogen-bond donors (Lipinski definition) is 0. The van der Waals surface area contributed by atoms with E-state index in [1.54, 1.807) is 0 Å². The van der Waals surface area contributed by atoms with Gasteiger partial charge in [-0.2, -0.15) is 0 Å². The van der Waals surface area contributed by atoms with Crippen LogP contribution in [0.4, 0.5) is 0 Å². The van der Waals surface area contributed by atoms with Crippen LogP contribution in [0.2, 0.25) is 0 Å². The van der Waals surface area contributed by atoms with E-state index >= 15 is 0 Å². The minimum absolute atomic E-state index is 0.226. The van der Waals surface area contributed by atoms with Gasteiger partial charge in [0.2, 0.25) is 0 Å². The lowest BCUT2D eigenvalue weighted by molar-refractivity contribution is 0.558. The second-order valence-electron chi connectivity index (χ2n) is 29.3. The molecule has 15 aromatic rings. The number of fused-ring (bicyclic) bond motifs is 8. The van der Waals surface area contributed by atoms with Crippen molar-refractivity contribution in [2.24, 2.45) is 0 Å². The molecular formula is C98H76. The molecule has 0 unspecified atom stereocenters. The summed E-state index contributed by atoms with van der Waals surface area (Å²) >= 11 is 0. The summed E-state index contributed by atoms with van der Waals surface area (Å²) in [5.41, 5.74) is 28.0. The molecule has 0 N–H and O–H groups in total. The molecule has 0 heteroatoms. The highest BCUT2D eigenvalue weighted by molar-refractivity contribution is 6.19. The number of rotatable bonds is 9. The first kappa shape index (κ1) is 59.3. The van der Waals surface area contributed by atoms with Crippen LogP contribution in [0.1, 0.15) is 142 Å². The third-order valence-electron chi connectivity index (χ3n) is 23.5. The average Bonchev–Trinajstić information content (AvgIpc) is 0.698. The molecule has 0 amide bonds.